The topological polar surface area (TPSA) is 0 Å². The third-order valence-corrected chi connectivity index (χ3v) is 2.88. The Morgan fingerprint density at radius 1 is 0.833 bits per heavy atom. The molecule has 0 aliphatic carbocycles. The van der Waals surface area contributed by atoms with Crippen molar-refractivity contribution in [1.82, 2.24) is 0 Å². The normalized spacial score (nSPS) is 12.5. The number of benzene rings is 2. The van der Waals surface area contributed by atoms with Gasteiger partial charge in [-0.3, -0.25) is 0 Å². The van der Waals surface area contributed by atoms with Gasteiger partial charge in [-0.2, -0.15) is 0 Å². The number of hydrogen-bond donors (Lipinski definition) is 0. The molecule has 0 heterocycles. The molecule has 0 amide bonds. The molecule has 0 aliphatic heterocycles. The number of rotatable bonds is 2. The summed E-state index contributed by atoms with van der Waals surface area (Å²) >= 11 is 0. The molecule has 0 aliphatic rings. The molecule has 1 unspecified atom stereocenters. The van der Waals surface area contributed by atoms with E-state index in [-0.39, 0.29) is 0 Å². The van der Waals surface area contributed by atoms with Gasteiger partial charge in [0.25, 0.3) is 0 Å². The second-order valence-corrected chi connectivity index (χ2v) is 4.01. The zero-order valence-electron chi connectivity index (χ0n) is 9.55. The maximum atomic E-state index is 13.6. The van der Waals surface area contributed by atoms with E-state index in [9.17, 15) is 17.6 Å². The number of halogens is 4. The lowest BCUT2D eigenvalue weighted by atomic mass is 9.92. The molecule has 0 spiro atoms. The van der Waals surface area contributed by atoms with Crippen LogP contribution in [0.1, 0.15) is 24.0 Å². The van der Waals surface area contributed by atoms with Crippen LogP contribution >= 0.6 is 0 Å². The van der Waals surface area contributed by atoms with Gasteiger partial charge in [-0.15, -0.1) is 0 Å². The van der Waals surface area contributed by atoms with Gasteiger partial charge in [0.2, 0.25) is 0 Å². The van der Waals surface area contributed by atoms with E-state index in [0.29, 0.717) is 11.6 Å². The molecule has 0 aromatic heterocycles. The predicted molar refractivity (Wildman–Crippen MR) is 60.2 cm³/mol. The molecule has 0 N–H and O–H groups in total. The second kappa shape index (κ2) is 4.80. The van der Waals surface area contributed by atoms with Crippen LogP contribution in [0.25, 0.3) is 0 Å². The Labute approximate surface area is 102 Å². The molecule has 0 fully saturated rings. The van der Waals surface area contributed by atoms with E-state index in [2.05, 4.69) is 0 Å². The third kappa shape index (κ3) is 2.10. The minimum Gasteiger partial charge on any atom is -0.206 e. The van der Waals surface area contributed by atoms with Gasteiger partial charge >= 0.3 is 0 Å². The summed E-state index contributed by atoms with van der Waals surface area (Å²) < 4.78 is 53.1. The van der Waals surface area contributed by atoms with Crippen molar-refractivity contribution < 1.29 is 17.6 Å². The minimum atomic E-state index is -1.64. The van der Waals surface area contributed by atoms with E-state index >= 15 is 0 Å². The summed E-state index contributed by atoms with van der Waals surface area (Å²) in [7, 11) is 0. The molecule has 2 aromatic rings. The summed E-state index contributed by atoms with van der Waals surface area (Å²) in [6, 6.07) is 8.89. The van der Waals surface area contributed by atoms with Gasteiger partial charge in [-0.1, -0.05) is 37.3 Å². The second-order valence-electron chi connectivity index (χ2n) is 4.01. The van der Waals surface area contributed by atoms with Crippen molar-refractivity contribution in [3.8, 4) is 0 Å². The van der Waals surface area contributed by atoms with Crippen LogP contribution in [0, 0.1) is 23.3 Å². The molecule has 4 heteroatoms. The van der Waals surface area contributed by atoms with Crippen LogP contribution in [0.2, 0.25) is 0 Å². The molecule has 2 rings (SSSR count). The standard InChI is InChI=1S/C14H10F4/c1-8(9-5-3-2-4-6-9)12-10(15)7-11(16)13(17)14(12)18/h2-8H,1H3. The molecular formula is C14H10F4. The van der Waals surface area contributed by atoms with Gasteiger partial charge < -0.3 is 0 Å². The van der Waals surface area contributed by atoms with Crippen molar-refractivity contribution in [2.75, 3.05) is 0 Å². The van der Waals surface area contributed by atoms with Gasteiger partial charge in [0, 0.05) is 17.5 Å². The van der Waals surface area contributed by atoms with E-state index in [0.717, 1.165) is 0 Å². The molecule has 1 atom stereocenters. The lowest BCUT2D eigenvalue weighted by molar-refractivity contribution is 0.422. The Hall–Kier alpha value is -1.84. The van der Waals surface area contributed by atoms with E-state index < -0.39 is 34.8 Å². The largest absolute Gasteiger partial charge is 0.206 e. The van der Waals surface area contributed by atoms with E-state index in [1.807, 2.05) is 0 Å². The first-order valence-electron chi connectivity index (χ1n) is 5.40. The fourth-order valence-electron chi connectivity index (χ4n) is 1.89. The molecule has 18 heavy (non-hydrogen) atoms. The van der Waals surface area contributed by atoms with Gasteiger partial charge in [-0.05, 0) is 5.56 Å². The van der Waals surface area contributed by atoms with Crippen LogP contribution in [0.15, 0.2) is 36.4 Å². The van der Waals surface area contributed by atoms with Crippen molar-refractivity contribution in [2.24, 2.45) is 0 Å². The Morgan fingerprint density at radius 2 is 1.44 bits per heavy atom. The van der Waals surface area contributed by atoms with Crippen LogP contribution in [0.5, 0.6) is 0 Å². The van der Waals surface area contributed by atoms with Crippen LogP contribution in [-0.4, -0.2) is 0 Å². The van der Waals surface area contributed by atoms with Crippen LogP contribution in [-0.2, 0) is 0 Å². The molecule has 0 saturated heterocycles. The summed E-state index contributed by atoms with van der Waals surface area (Å²) in [6.07, 6.45) is 0. The van der Waals surface area contributed by atoms with Crippen molar-refractivity contribution >= 4 is 0 Å². The first-order chi connectivity index (χ1) is 8.52. The monoisotopic (exact) mass is 254 g/mol. The summed E-state index contributed by atoms with van der Waals surface area (Å²) in [5.41, 5.74) is 0.168. The number of hydrogen-bond acceptors (Lipinski definition) is 0. The minimum absolute atomic E-state index is 0.368. The van der Waals surface area contributed by atoms with Crippen molar-refractivity contribution in [1.29, 1.82) is 0 Å². The summed E-state index contributed by atoms with van der Waals surface area (Å²) in [4.78, 5) is 0. The summed E-state index contributed by atoms with van der Waals surface area (Å²) in [5.74, 6) is -6.41. The average Bonchev–Trinajstić information content (AvgIpc) is 2.37. The van der Waals surface area contributed by atoms with Gasteiger partial charge in [-0.25, -0.2) is 17.6 Å². The molecule has 0 bridgehead atoms. The van der Waals surface area contributed by atoms with Crippen LogP contribution in [0.3, 0.4) is 0 Å². The summed E-state index contributed by atoms with van der Waals surface area (Å²) in [6.45, 7) is 1.54. The molecule has 0 nitrogen and oxygen atoms in total. The fraction of sp³-hybridized carbons (Fsp3) is 0.143. The van der Waals surface area contributed by atoms with Crippen molar-refractivity contribution in [2.45, 2.75) is 12.8 Å². The van der Waals surface area contributed by atoms with E-state index in [4.69, 9.17) is 0 Å². The lowest BCUT2D eigenvalue weighted by Crippen LogP contribution is -2.07. The lowest BCUT2D eigenvalue weighted by Gasteiger charge is -2.15. The Kier molecular flexibility index (Phi) is 3.36. The molecule has 2 aromatic carbocycles. The first-order valence-corrected chi connectivity index (χ1v) is 5.40. The highest BCUT2D eigenvalue weighted by atomic mass is 19.2. The van der Waals surface area contributed by atoms with E-state index in [1.165, 1.54) is 6.92 Å². The first kappa shape index (κ1) is 12.6. The highest BCUT2D eigenvalue weighted by Crippen LogP contribution is 2.30. The van der Waals surface area contributed by atoms with Crippen LogP contribution < -0.4 is 0 Å². The highest BCUT2D eigenvalue weighted by Gasteiger charge is 2.23. The predicted octanol–water partition coefficient (Wildman–Crippen LogP) is 4.39. The zero-order chi connectivity index (χ0) is 13.3. The molecule has 94 valence electrons. The van der Waals surface area contributed by atoms with E-state index in [1.54, 1.807) is 30.3 Å². The SMILES string of the molecule is CC(c1ccccc1)c1c(F)cc(F)c(F)c1F. The van der Waals surface area contributed by atoms with Crippen molar-refractivity contribution in [3.05, 3.63) is 70.8 Å². The van der Waals surface area contributed by atoms with Crippen molar-refractivity contribution in [3.63, 3.8) is 0 Å². The maximum Gasteiger partial charge on any atom is 0.194 e. The Balaban J connectivity index is 2.55. The fourth-order valence-corrected chi connectivity index (χ4v) is 1.89. The molecule has 0 saturated carbocycles. The van der Waals surface area contributed by atoms with Gasteiger partial charge in [0.05, 0.1) is 0 Å². The maximum absolute atomic E-state index is 13.6. The van der Waals surface area contributed by atoms with Crippen LogP contribution in [0.4, 0.5) is 17.6 Å². The summed E-state index contributed by atoms with van der Waals surface area (Å²) in [5, 5.41) is 0. The smallest absolute Gasteiger partial charge is 0.194 e. The van der Waals surface area contributed by atoms with Gasteiger partial charge in [0.1, 0.15) is 5.82 Å². The highest BCUT2D eigenvalue weighted by molar-refractivity contribution is 5.34. The Morgan fingerprint density at radius 3 is 2.06 bits per heavy atom. The van der Waals surface area contributed by atoms with Gasteiger partial charge in [0.15, 0.2) is 17.5 Å². The quantitative estimate of drug-likeness (QED) is 0.423. The molecular weight excluding hydrogens is 244 g/mol. The Bertz CT molecular complexity index is 564. The third-order valence-electron chi connectivity index (χ3n) is 2.88. The average molecular weight is 254 g/mol. The zero-order valence-corrected chi connectivity index (χ0v) is 9.55. The molecule has 0 radical (unpaired) electrons.